The molecular formula is C12H20N2O3. The first kappa shape index (κ1) is 13.4. The van der Waals surface area contributed by atoms with Crippen molar-refractivity contribution >= 4 is 5.69 Å². The minimum absolute atomic E-state index is 0.706. The molecule has 0 saturated heterocycles. The van der Waals surface area contributed by atoms with Crippen LogP contribution < -0.4 is 24.8 Å². The third-order valence-electron chi connectivity index (χ3n) is 2.39. The average molecular weight is 240 g/mol. The van der Waals surface area contributed by atoms with Gasteiger partial charge in [-0.15, -0.1) is 0 Å². The highest BCUT2D eigenvalue weighted by molar-refractivity contribution is 5.68. The van der Waals surface area contributed by atoms with Gasteiger partial charge in [0.1, 0.15) is 22.9 Å². The zero-order valence-electron chi connectivity index (χ0n) is 10.8. The van der Waals surface area contributed by atoms with E-state index in [1.807, 2.05) is 19.2 Å². The standard InChI is InChI=1S/C12H20N2O3/c1-13-5-6-14-12-10(16-3)7-9(15-2)8-11(12)17-4/h7-8,13-14H,5-6H2,1-4H3. The fourth-order valence-corrected chi connectivity index (χ4v) is 1.49. The highest BCUT2D eigenvalue weighted by atomic mass is 16.5. The van der Waals surface area contributed by atoms with Crippen LogP contribution in [-0.2, 0) is 0 Å². The molecule has 17 heavy (non-hydrogen) atoms. The van der Waals surface area contributed by atoms with Gasteiger partial charge >= 0.3 is 0 Å². The maximum absolute atomic E-state index is 5.32. The molecule has 2 N–H and O–H groups in total. The molecule has 0 spiro atoms. The smallest absolute Gasteiger partial charge is 0.149 e. The van der Waals surface area contributed by atoms with Gasteiger partial charge < -0.3 is 24.8 Å². The van der Waals surface area contributed by atoms with E-state index in [2.05, 4.69) is 10.6 Å². The summed E-state index contributed by atoms with van der Waals surface area (Å²) in [7, 11) is 6.77. The first-order valence-corrected chi connectivity index (χ1v) is 5.45. The van der Waals surface area contributed by atoms with Crippen LogP contribution in [0.1, 0.15) is 0 Å². The van der Waals surface area contributed by atoms with E-state index in [-0.39, 0.29) is 0 Å². The summed E-state index contributed by atoms with van der Waals surface area (Å²) < 4.78 is 15.8. The summed E-state index contributed by atoms with van der Waals surface area (Å²) in [6.45, 7) is 1.65. The number of anilines is 1. The molecule has 0 aliphatic heterocycles. The molecule has 0 aliphatic carbocycles. The van der Waals surface area contributed by atoms with Crippen LogP contribution in [0.15, 0.2) is 12.1 Å². The van der Waals surface area contributed by atoms with Gasteiger partial charge in [-0.2, -0.15) is 0 Å². The van der Waals surface area contributed by atoms with E-state index >= 15 is 0 Å². The summed E-state index contributed by atoms with van der Waals surface area (Å²) in [5.41, 5.74) is 0.839. The topological polar surface area (TPSA) is 51.8 Å². The molecule has 1 aromatic rings. The summed E-state index contributed by atoms with van der Waals surface area (Å²) in [5, 5.41) is 6.33. The van der Waals surface area contributed by atoms with Crippen molar-refractivity contribution in [2.45, 2.75) is 0 Å². The van der Waals surface area contributed by atoms with Gasteiger partial charge in [0.2, 0.25) is 0 Å². The van der Waals surface area contributed by atoms with Crippen molar-refractivity contribution in [3.05, 3.63) is 12.1 Å². The number of hydrogen-bond donors (Lipinski definition) is 2. The number of methoxy groups -OCH3 is 3. The van der Waals surface area contributed by atoms with Crippen LogP contribution in [0.3, 0.4) is 0 Å². The van der Waals surface area contributed by atoms with Crippen molar-refractivity contribution in [2.75, 3.05) is 46.8 Å². The highest BCUT2D eigenvalue weighted by Crippen LogP contribution is 2.38. The van der Waals surface area contributed by atoms with Crippen molar-refractivity contribution in [2.24, 2.45) is 0 Å². The molecule has 0 aromatic heterocycles. The fraction of sp³-hybridized carbons (Fsp3) is 0.500. The number of rotatable bonds is 7. The zero-order valence-corrected chi connectivity index (χ0v) is 10.8. The van der Waals surface area contributed by atoms with E-state index in [9.17, 15) is 0 Å². The maximum Gasteiger partial charge on any atom is 0.149 e. The van der Waals surface area contributed by atoms with Crippen molar-refractivity contribution in [1.82, 2.24) is 5.32 Å². The van der Waals surface area contributed by atoms with E-state index in [0.29, 0.717) is 17.2 Å². The van der Waals surface area contributed by atoms with E-state index in [1.54, 1.807) is 21.3 Å². The summed E-state index contributed by atoms with van der Waals surface area (Å²) in [6.07, 6.45) is 0. The predicted octanol–water partition coefficient (Wildman–Crippen LogP) is 1.34. The van der Waals surface area contributed by atoms with Crippen LogP contribution in [0.2, 0.25) is 0 Å². The van der Waals surface area contributed by atoms with Crippen LogP contribution in [0.4, 0.5) is 5.69 Å². The van der Waals surface area contributed by atoms with Crippen molar-refractivity contribution in [3.8, 4) is 17.2 Å². The van der Waals surface area contributed by atoms with Gasteiger partial charge in [0, 0.05) is 25.2 Å². The molecule has 96 valence electrons. The number of ether oxygens (including phenoxy) is 3. The first-order chi connectivity index (χ1) is 8.26. The van der Waals surface area contributed by atoms with Crippen LogP contribution >= 0.6 is 0 Å². The second-order valence-corrected chi connectivity index (χ2v) is 3.44. The minimum Gasteiger partial charge on any atom is -0.496 e. The van der Waals surface area contributed by atoms with Gasteiger partial charge in [0.15, 0.2) is 0 Å². The first-order valence-electron chi connectivity index (χ1n) is 5.45. The average Bonchev–Trinajstić information content (AvgIpc) is 2.38. The van der Waals surface area contributed by atoms with Crippen LogP contribution in [-0.4, -0.2) is 41.5 Å². The SMILES string of the molecule is CNCCNc1c(OC)cc(OC)cc1OC. The van der Waals surface area contributed by atoms with E-state index in [1.165, 1.54) is 0 Å². The Morgan fingerprint density at radius 1 is 0.941 bits per heavy atom. The third kappa shape index (κ3) is 3.42. The molecule has 0 saturated carbocycles. The van der Waals surface area contributed by atoms with Crippen molar-refractivity contribution < 1.29 is 14.2 Å². The fourth-order valence-electron chi connectivity index (χ4n) is 1.49. The Morgan fingerprint density at radius 3 is 1.94 bits per heavy atom. The minimum atomic E-state index is 0.706. The monoisotopic (exact) mass is 240 g/mol. The van der Waals surface area contributed by atoms with Gasteiger partial charge in [0.25, 0.3) is 0 Å². The normalized spacial score (nSPS) is 9.88. The van der Waals surface area contributed by atoms with E-state index in [0.717, 1.165) is 18.8 Å². The van der Waals surface area contributed by atoms with Gasteiger partial charge in [-0.25, -0.2) is 0 Å². The molecule has 0 unspecified atom stereocenters. The van der Waals surface area contributed by atoms with Gasteiger partial charge in [-0.3, -0.25) is 0 Å². The van der Waals surface area contributed by atoms with Crippen LogP contribution in [0, 0.1) is 0 Å². The lowest BCUT2D eigenvalue weighted by atomic mass is 10.2. The third-order valence-corrected chi connectivity index (χ3v) is 2.39. The lowest BCUT2D eigenvalue weighted by molar-refractivity contribution is 0.377. The largest absolute Gasteiger partial charge is 0.496 e. The number of nitrogens with one attached hydrogen (secondary N) is 2. The summed E-state index contributed by atoms with van der Waals surface area (Å²) >= 11 is 0. The Hall–Kier alpha value is -1.62. The molecule has 0 bridgehead atoms. The molecule has 0 atom stereocenters. The zero-order chi connectivity index (χ0) is 12.7. The quantitative estimate of drug-likeness (QED) is 0.704. The molecular weight excluding hydrogens is 220 g/mol. The van der Waals surface area contributed by atoms with Crippen LogP contribution in [0.5, 0.6) is 17.2 Å². The highest BCUT2D eigenvalue weighted by Gasteiger charge is 2.12. The molecule has 0 amide bonds. The molecule has 5 nitrogen and oxygen atoms in total. The van der Waals surface area contributed by atoms with Gasteiger partial charge in [-0.1, -0.05) is 0 Å². The lowest BCUT2D eigenvalue weighted by Gasteiger charge is -2.16. The summed E-state index contributed by atoms with van der Waals surface area (Å²) in [5.74, 6) is 2.12. The van der Waals surface area contributed by atoms with E-state index < -0.39 is 0 Å². The predicted molar refractivity (Wildman–Crippen MR) is 68.5 cm³/mol. The van der Waals surface area contributed by atoms with E-state index in [4.69, 9.17) is 14.2 Å². The second-order valence-electron chi connectivity index (χ2n) is 3.44. The molecule has 5 heteroatoms. The Bertz CT molecular complexity index is 331. The maximum atomic E-state index is 5.32. The number of hydrogen-bond acceptors (Lipinski definition) is 5. The number of benzene rings is 1. The Morgan fingerprint density at radius 2 is 1.53 bits per heavy atom. The Kier molecular flexibility index (Phi) is 5.42. The van der Waals surface area contributed by atoms with Crippen molar-refractivity contribution in [3.63, 3.8) is 0 Å². The molecule has 1 rings (SSSR count). The van der Waals surface area contributed by atoms with Crippen LogP contribution in [0.25, 0.3) is 0 Å². The van der Waals surface area contributed by atoms with Gasteiger partial charge in [0.05, 0.1) is 21.3 Å². The number of likely N-dealkylation sites (N-methyl/N-ethyl adjacent to an activating group) is 1. The van der Waals surface area contributed by atoms with Crippen molar-refractivity contribution in [1.29, 1.82) is 0 Å². The lowest BCUT2D eigenvalue weighted by Crippen LogP contribution is -2.18. The Labute approximate surface area is 102 Å². The van der Waals surface area contributed by atoms with Gasteiger partial charge in [-0.05, 0) is 7.05 Å². The Balaban J connectivity index is 2.98. The summed E-state index contributed by atoms with van der Waals surface area (Å²) in [4.78, 5) is 0. The summed E-state index contributed by atoms with van der Waals surface area (Å²) in [6, 6.07) is 3.65. The molecule has 1 aromatic carbocycles. The molecule has 0 heterocycles. The second kappa shape index (κ2) is 6.85. The molecule has 0 aliphatic rings. The molecule has 0 fully saturated rings. The molecule has 0 radical (unpaired) electrons.